The van der Waals surface area contributed by atoms with E-state index in [1.165, 1.54) is 0 Å². The van der Waals surface area contributed by atoms with Crippen LogP contribution in [-0.2, 0) is 0 Å². The van der Waals surface area contributed by atoms with Crippen LogP contribution in [0.2, 0.25) is 0 Å². The first kappa shape index (κ1) is 14.1. The topological polar surface area (TPSA) is 36.6 Å². The van der Waals surface area contributed by atoms with Crippen molar-refractivity contribution >= 4 is 21.9 Å². The first-order valence-corrected chi connectivity index (χ1v) is 8.60. The minimum absolute atomic E-state index is 0.313. The van der Waals surface area contributed by atoms with Gasteiger partial charge in [-0.1, -0.05) is 30.0 Å². The van der Waals surface area contributed by atoms with Gasteiger partial charge in [0.05, 0.1) is 0 Å². The minimum atomic E-state index is -0.857. The summed E-state index contributed by atoms with van der Waals surface area (Å²) in [5.41, 5.74) is 1.85. The molecule has 1 aromatic heterocycles. The normalized spacial score (nSPS) is 28.9. The molecule has 2 aromatic carbocycles. The van der Waals surface area contributed by atoms with E-state index in [1.807, 2.05) is 30.3 Å². The van der Waals surface area contributed by atoms with E-state index in [0.29, 0.717) is 12.5 Å². The van der Waals surface area contributed by atoms with Gasteiger partial charge in [0.1, 0.15) is 16.8 Å². The molecule has 4 heterocycles. The van der Waals surface area contributed by atoms with E-state index < -0.39 is 5.60 Å². The van der Waals surface area contributed by atoms with Crippen molar-refractivity contribution in [2.24, 2.45) is 5.92 Å². The molecule has 3 fully saturated rings. The maximum atomic E-state index is 10.9. The van der Waals surface area contributed by atoms with E-state index in [2.05, 4.69) is 28.9 Å². The van der Waals surface area contributed by atoms with E-state index in [9.17, 15) is 5.11 Å². The van der Waals surface area contributed by atoms with E-state index in [4.69, 9.17) is 4.42 Å². The van der Waals surface area contributed by atoms with Crippen LogP contribution in [0.4, 0.5) is 0 Å². The Morgan fingerprint density at radius 1 is 1.04 bits per heavy atom. The summed E-state index contributed by atoms with van der Waals surface area (Å²) in [4.78, 5) is 2.32. The third-order valence-electron chi connectivity index (χ3n) is 5.53. The molecule has 3 aliphatic heterocycles. The number of benzene rings is 2. The molecule has 3 heteroatoms. The fourth-order valence-electron chi connectivity index (χ4n) is 4.16. The molecule has 24 heavy (non-hydrogen) atoms. The first-order chi connectivity index (χ1) is 11.7. The molecule has 3 saturated heterocycles. The summed E-state index contributed by atoms with van der Waals surface area (Å²) in [7, 11) is 0. The van der Waals surface area contributed by atoms with Crippen molar-refractivity contribution in [2.45, 2.75) is 18.4 Å². The molecular weight excluding hydrogens is 298 g/mol. The second kappa shape index (κ2) is 5.11. The van der Waals surface area contributed by atoms with Crippen molar-refractivity contribution in [3.05, 3.63) is 48.0 Å². The highest BCUT2D eigenvalue weighted by Crippen LogP contribution is 2.35. The third kappa shape index (κ3) is 2.15. The number of furan rings is 1. The number of hydrogen-bond acceptors (Lipinski definition) is 3. The molecule has 6 rings (SSSR count). The van der Waals surface area contributed by atoms with Crippen LogP contribution in [-0.4, -0.2) is 35.2 Å². The molecule has 3 nitrogen and oxygen atoms in total. The number of aliphatic hydroxyl groups is 1. The van der Waals surface area contributed by atoms with Gasteiger partial charge in [0, 0.05) is 28.8 Å². The average molecular weight is 317 g/mol. The zero-order chi connectivity index (χ0) is 16.1. The van der Waals surface area contributed by atoms with E-state index >= 15 is 0 Å². The Morgan fingerprint density at radius 2 is 1.83 bits per heavy atom. The molecule has 0 saturated carbocycles. The van der Waals surface area contributed by atoms with Crippen LogP contribution in [0.3, 0.4) is 0 Å². The van der Waals surface area contributed by atoms with Gasteiger partial charge < -0.3 is 9.52 Å². The summed E-state index contributed by atoms with van der Waals surface area (Å²) in [5.74, 6) is 6.72. The van der Waals surface area contributed by atoms with Gasteiger partial charge in [0.15, 0.2) is 0 Å². The molecule has 2 bridgehead atoms. The minimum Gasteiger partial charge on any atom is -0.456 e. The summed E-state index contributed by atoms with van der Waals surface area (Å²) < 4.78 is 5.86. The summed E-state index contributed by atoms with van der Waals surface area (Å²) in [5, 5.41) is 13.1. The van der Waals surface area contributed by atoms with E-state index in [-0.39, 0.29) is 0 Å². The Balaban J connectivity index is 1.55. The van der Waals surface area contributed by atoms with E-state index in [0.717, 1.165) is 53.4 Å². The van der Waals surface area contributed by atoms with Crippen LogP contribution in [0.25, 0.3) is 21.9 Å². The summed E-state index contributed by atoms with van der Waals surface area (Å²) >= 11 is 0. The number of nitrogens with zero attached hydrogens (tertiary/aromatic N) is 1. The molecular formula is C21H19NO2. The Kier molecular flexibility index (Phi) is 3.00. The standard InChI is InChI=1S/C21H19NO2/c23-21(14-22-11-8-16(21)9-12-22)10-7-15-5-6-20-18(13-15)17-3-1-2-4-19(17)24-20/h1-6,13,16,23H,8-9,11-12,14H2. The van der Waals surface area contributed by atoms with Gasteiger partial charge in [-0.3, -0.25) is 4.90 Å². The third-order valence-corrected chi connectivity index (χ3v) is 5.53. The SMILES string of the molecule is OC1(C#Cc2ccc3oc4ccccc4c3c2)CN2CCC1CC2. The molecule has 0 spiro atoms. The Labute approximate surface area is 140 Å². The molecule has 1 atom stereocenters. The van der Waals surface area contributed by atoms with Crippen LogP contribution in [0, 0.1) is 17.8 Å². The Bertz CT molecular complexity index is 985. The van der Waals surface area contributed by atoms with Gasteiger partial charge in [0.2, 0.25) is 0 Å². The van der Waals surface area contributed by atoms with E-state index in [1.54, 1.807) is 0 Å². The maximum absolute atomic E-state index is 10.9. The van der Waals surface area contributed by atoms with Crippen molar-refractivity contribution in [1.82, 2.24) is 4.90 Å². The molecule has 0 radical (unpaired) electrons. The van der Waals surface area contributed by atoms with Crippen LogP contribution >= 0.6 is 0 Å². The lowest BCUT2D eigenvalue weighted by Gasteiger charge is -2.47. The molecule has 1 N–H and O–H groups in total. The summed E-state index contributed by atoms with van der Waals surface area (Å²) in [6.07, 6.45) is 2.10. The summed E-state index contributed by atoms with van der Waals surface area (Å²) in [6, 6.07) is 14.1. The Hall–Kier alpha value is -2.28. The number of para-hydroxylation sites is 1. The second-order valence-electron chi connectivity index (χ2n) is 7.03. The largest absolute Gasteiger partial charge is 0.456 e. The number of piperidine rings is 3. The Morgan fingerprint density at radius 3 is 2.62 bits per heavy atom. The number of fused-ring (bicyclic) bond motifs is 6. The maximum Gasteiger partial charge on any atom is 0.141 e. The van der Waals surface area contributed by atoms with Crippen LogP contribution in [0.5, 0.6) is 0 Å². The monoisotopic (exact) mass is 317 g/mol. The average Bonchev–Trinajstić information content (AvgIpc) is 2.99. The van der Waals surface area contributed by atoms with Gasteiger partial charge in [0.25, 0.3) is 0 Å². The predicted octanol–water partition coefficient (Wildman–Crippen LogP) is 3.39. The van der Waals surface area contributed by atoms with Crippen LogP contribution < -0.4 is 0 Å². The molecule has 0 aliphatic carbocycles. The highest BCUT2D eigenvalue weighted by molar-refractivity contribution is 6.05. The van der Waals surface area contributed by atoms with Gasteiger partial charge in [-0.15, -0.1) is 0 Å². The fourth-order valence-corrected chi connectivity index (χ4v) is 4.16. The van der Waals surface area contributed by atoms with Crippen molar-refractivity contribution in [1.29, 1.82) is 0 Å². The van der Waals surface area contributed by atoms with Crippen molar-refractivity contribution in [3.63, 3.8) is 0 Å². The van der Waals surface area contributed by atoms with Gasteiger partial charge in [-0.25, -0.2) is 0 Å². The zero-order valence-corrected chi connectivity index (χ0v) is 13.5. The lowest BCUT2D eigenvalue weighted by atomic mass is 9.76. The molecule has 0 amide bonds. The van der Waals surface area contributed by atoms with Gasteiger partial charge in [-0.05, 0) is 50.2 Å². The summed E-state index contributed by atoms with van der Waals surface area (Å²) in [6.45, 7) is 2.88. The smallest absolute Gasteiger partial charge is 0.141 e. The van der Waals surface area contributed by atoms with Gasteiger partial charge in [-0.2, -0.15) is 0 Å². The van der Waals surface area contributed by atoms with Crippen molar-refractivity contribution in [3.8, 4) is 11.8 Å². The van der Waals surface area contributed by atoms with Crippen LogP contribution in [0.1, 0.15) is 18.4 Å². The molecule has 3 aliphatic rings. The predicted molar refractivity (Wildman–Crippen MR) is 94.7 cm³/mol. The van der Waals surface area contributed by atoms with Crippen LogP contribution in [0.15, 0.2) is 46.9 Å². The number of rotatable bonds is 0. The number of hydrogen-bond donors (Lipinski definition) is 1. The quantitative estimate of drug-likeness (QED) is 0.646. The lowest BCUT2D eigenvalue weighted by molar-refractivity contribution is -0.0713. The highest BCUT2D eigenvalue weighted by atomic mass is 16.3. The molecule has 120 valence electrons. The lowest BCUT2D eigenvalue weighted by Crippen LogP contribution is -2.58. The first-order valence-electron chi connectivity index (χ1n) is 8.60. The highest BCUT2D eigenvalue weighted by Gasteiger charge is 2.44. The molecule has 1 unspecified atom stereocenters. The second-order valence-corrected chi connectivity index (χ2v) is 7.03. The van der Waals surface area contributed by atoms with Crippen molar-refractivity contribution in [2.75, 3.05) is 19.6 Å². The molecule has 3 aromatic rings. The zero-order valence-electron chi connectivity index (χ0n) is 13.5. The van der Waals surface area contributed by atoms with Crippen molar-refractivity contribution < 1.29 is 9.52 Å². The van der Waals surface area contributed by atoms with Gasteiger partial charge >= 0.3 is 0 Å². The fraction of sp³-hybridized carbons (Fsp3) is 0.333.